The summed E-state index contributed by atoms with van der Waals surface area (Å²) >= 11 is 0. The van der Waals surface area contributed by atoms with Crippen LogP contribution in [0.3, 0.4) is 0 Å². The van der Waals surface area contributed by atoms with Crippen molar-refractivity contribution in [2.24, 2.45) is 0 Å². The molecule has 2 aliphatic rings. The zero-order valence-electron chi connectivity index (χ0n) is 11.0. The molecule has 0 saturated carbocycles. The van der Waals surface area contributed by atoms with E-state index in [1.54, 1.807) is 13.8 Å². The first-order valence-electron chi connectivity index (χ1n) is 6.30. The van der Waals surface area contributed by atoms with Gasteiger partial charge in [0.25, 0.3) is 5.56 Å². The normalized spacial score (nSPS) is 35.1. The Morgan fingerprint density at radius 1 is 1.35 bits per heavy atom. The first-order chi connectivity index (χ1) is 9.41. The van der Waals surface area contributed by atoms with E-state index in [-0.39, 0.29) is 0 Å². The zero-order chi connectivity index (χ0) is 14.5. The van der Waals surface area contributed by atoms with Crippen LogP contribution in [0.4, 0.5) is 4.39 Å². The van der Waals surface area contributed by atoms with Gasteiger partial charge in [0.2, 0.25) is 0 Å². The second-order valence-electron chi connectivity index (χ2n) is 5.30. The molecule has 2 saturated heterocycles. The van der Waals surface area contributed by atoms with Gasteiger partial charge in [0, 0.05) is 12.3 Å². The lowest BCUT2D eigenvalue weighted by Gasteiger charge is -2.24. The Bertz CT molecular complexity index is 625. The summed E-state index contributed by atoms with van der Waals surface area (Å²) in [6.45, 7) is 2.69. The number of aromatic amines is 1. The monoisotopic (exact) mass is 286 g/mol. The number of nitrogens with one attached hydrogen (secondary N) is 1. The maximum absolute atomic E-state index is 13.0. The Balaban J connectivity index is 1.98. The van der Waals surface area contributed by atoms with E-state index in [1.165, 1.54) is 16.8 Å². The summed E-state index contributed by atoms with van der Waals surface area (Å²) in [7, 11) is 0. The van der Waals surface area contributed by atoms with Crippen molar-refractivity contribution in [1.82, 2.24) is 9.55 Å². The molecule has 0 unspecified atom stereocenters. The molecule has 0 spiro atoms. The molecule has 7 nitrogen and oxygen atoms in total. The van der Waals surface area contributed by atoms with Gasteiger partial charge >= 0.3 is 5.69 Å². The van der Waals surface area contributed by atoms with Crippen molar-refractivity contribution >= 4 is 0 Å². The van der Waals surface area contributed by atoms with E-state index in [2.05, 4.69) is 4.98 Å². The molecule has 1 aromatic rings. The molecule has 0 bridgehead atoms. The summed E-state index contributed by atoms with van der Waals surface area (Å²) in [6.07, 6.45) is -1.51. The topological polar surface area (TPSA) is 82.6 Å². The van der Waals surface area contributed by atoms with Crippen LogP contribution in [-0.2, 0) is 14.2 Å². The number of halogens is 1. The van der Waals surface area contributed by atoms with Gasteiger partial charge in [0.1, 0.15) is 25.0 Å². The van der Waals surface area contributed by atoms with Gasteiger partial charge in [-0.15, -0.1) is 0 Å². The molecule has 3 rings (SSSR count). The third-order valence-corrected chi connectivity index (χ3v) is 3.40. The molecule has 0 aromatic carbocycles. The number of nitrogens with zero attached hydrogens (tertiary/aromatic N) is 1. The molecule has 1 aromatic heterocycles. The third kappa shape index (κ3) is 2.09. The standard InChI is InChI=1S/C12H15FN2O5/c1-12(2)19-8-6(5-13)18-10(9(8)20-12)15-4-3-7(16)14-11(15)17/h3-4,6,8-10H,5H2,1-2H3,(H,14,16,17)/t6-,8-,9-,10-/m1/s1. The highest BCUT2D eigenvalue weighted by molar-refractivity contribution is 4.98. The average Bonchev–Trinajstić information content (AvgIpc) is 2.83. The molecule has 20 heavy (non-hydrogen) atoms. The van der Waals surface area contributed by atoms with Crippen LogP contribution in [0.5, 0.6) is 0 Å². The van der Waals surface area contributed by atoms with Gasteiger partial charge < -0.3 is 14.2 Å². The SMILES string of the molecule is CC1(C)O[C@@H]2[C@H](O1)[C@@H](CF)O[C@H]2n1ccc(=O)[nH]c1=O. The van der Waals surface area contributed by atoms with Crippen LogP contribution in [0.1, 0.15) is 20.1 Å². The van der Waals surface area contributed by atoms with Crippen LogP contribution < -0.4 is 11.2 Å². The number of ether oxygens (including phenoxy) is 3. The molecule has 2 fully saturated rings. The highest BCUT2D eigenvalue weighted by atomic mass is 19.1. The largest absolute Gasteiger partial charge is 0.346 e. The van der Waals surface area contributed by atoms with Gasteiger partial charge in [-0.25, -0.2) is 9.18 Å². The minimum Gasteiger partial charge on any atom is -0.346 e. The maximum Gasteiger partial charge on any atom is 0.330 e. The van der Waals surface area contributed by atoms with Gasteiger partial charge in [0.15, 0.2) is 12.0 Å². The number of hydrogen-bond donors (Lipinski definition) is 1. The van der Waals surface area contributed by atoms with Crippen LogP contribution in [-0.4, -0.2) is 40.3 Å². The van der Waals surface area contributed by atoms with Crippen molar-refractivity contribution < 1.29 is 18.6 Å². The third-order valence-electron chi connectivity index (χ3n) is 3.40. The highest BCUT2D eigenvalue weighted by Crippen LogP contribution is 2.42. The number of fused-ring (bicyclic) bond motifs is 1. The number of alkyl halides is 1. The van der Waals surface area contributed by atoms with E-state index in [9.17, 15) is 14.0 Å². The van der Waals surface area contributed by atoms with E-state index < -0.39 is 48.3 Å². The summed E-state index contributed by atoms with van der Waals surface area (Å²) in [5.41, 5.74) is -1.14. The van der Waals surface area contributed by atoms with Crippen molar-refractivity contribution in [1.29, 1.82) is 0 Å². The summed E-state index contributed by atoms with van der Waals surface area (Å²) < 4.78 is 31.0. The summed E-state index contributed by atoms with van der Waals surface area (Å²) in [6, 6.07) is 1.20. The molecular formula is C12H15FN2O5. The van der Waals surface area contributed by atoms with E-state index in [0.29, 0.717) is 0 Å². The van der Waals surface area contributed by atoms with Gasteiger partial charge in [-0.2, -0.15) is 0 Å². The van der Waals surface area contributed by atoms with Crippen LogP contribution in [0.15, 0.2) is 21.9 Å². The number of H-pyrrole nitrogens is 1. The van der Waals surface area contributed by atoms with Crippen LogP contribution in [0.2, 0.25) is 0 Å². The Labute approximate surface area is 113 Å². The molecule has 3 heterocycles. The van der Waals surface area contributed by atoms with Crippen LogP contribution in [0.25, 0.3) is 0 Å². The molecule has 0 amide bonds. The van der Waals surface area contributed by atoms with Crippen molar-refractivity contribution in [3.8, 4) is 0 Å². The molecule has 0 aliphatic carbocycles. The Morgan fingerprint density at radius 3 is 2.70 bits per heavy atom. The van der Waals surface area contributed by atoms with Gasteiger partial charge in [0.05, 0.1) is 0 Å². The molecule has 2 aliphatic heterocycles. The lowest BCUT2D eigenvalue weighted by Crippen LogP contribution is -2.37. The summed E-state index contributed by atoms with van der Waals surface area (Å²) in [5, 5.41) is 0. The Kier molecular flexibility index (Phi) is 3.03. The average molecular weight is 286 g/mol. The first kappa shape index (κ1) is 13.5. The molecular weight excluding hydrogens is 271 g/mol. The second-order valence-corrected chi connectivity index (χ2v) is 5.30. The fourth-order valence-corrected chi connectivity index (χ4v) is 2.63. The van der Waals surface area contributed by atoms with Crippen molar-refractivity contribution in [2.75, 3.05) is 6.67 Å². The fourth-order valence-electron chi connectivity index (χ4n) is 2.63. The fraction of sp³-hybridized carbons (Fsp3) is 0.667. The minimum absolute atomic E-state index is 0.508. The van der Waals surface area contributed by atoms with Gasteiger partial charge in [-0.05, 0) is 13.8 Å². The smallest absolute Gasteiger partial charge is 0.330 e. The van der Waals surface area contributed by atoms with Crippen LogP contribution >= 0.6 is 0 Å². The predicted molar refractivity (Wildman–Crippen MR) is 65.0 cm³/mol. The lowest BCUT2D eigenvalue weighted by molar-refractivity contribution is -0.198. The zero-order valence-corrected chi connectivity index (χ0v) is 11.0. The predicted octanol–water partition coefficient (Wildman–Crippen LogP) is -0.0764. The van der Waals surface area contributed by atoms with Crippen molar-refractivity contribution in [3.05, 3.63) is 33.1 Å². The molecule has 8 heteroatoms. The van der Waals surface area contributed by atoms with Crippen molar-refractivity contribution in [3.63, 3.8) is 0 Å². The summed E-state index contributed by atoms with van der Waals surface area (Å²) in [4.78, 5) is 25.0. The maximum atomic E-state index is 13.0. The Morgan fingerprint density at radius 2 is 2.05 bits per heavy atom. The molecule has 0 radical (unpaired) electrons. The van der Waals surface area contributed by atoms with E-state index >= 15 is 0 Å². The highest BCUT2D eigenvalue weighted by Gasteiger charge is 2.56. The molecule has 4 atom stereocenters. The van der Waals surface area contributed by atoms with E-state index in [1.807, 2.05) is 0 Å². The quantitative estimate of drug-likeness (QED) is 0.822. The Hall–Kier alpha value is -1.51. The van der Waals surface area contributed by atoms with Crippen LogP contribution in [0, 0.1) is 0 Å². The number of rotatable bonds is 2. The molecule has 110 valence electrons. The number of hydrogen-bond acceptors (Lipinski definition) is 5. The van der Waals surface area contributed by atoms with E-state index in [4.69, 9.17) is 14.2 Å². The number of aromatic nitrogens is 2. The molecule has 1 N–H and O–H groups in total. The minimum atomic E-state index is -0.865. The second kappa shape index (κ2) is 4.51. The first-order valence-corrected chi connectivity index (χ1v) is 6.30. The lowest BCUT2D eigenvalue weighted by atomic mass is 10.1. The van der Waals surface area contributed by atoms with Gasteiger partial charge in [-0.1, -0.05) is 0 Å². The summed E-state index contributed by atoms with van der Waals surface area (Å²) in [5.74, 6) is -0.865. The van der Waals surface area contributed by atoms with Gasteiger partial charge in [-0.3, -0.25) is 14.3 Å². The van der Waals surface area contributed by atoms with Crippen molar-refractivity contribution in [2.45, 2.75) is 44.2 Å². The van der Waals surface area contributed by atoms with E-state index in [0.717, 1.165) is 0 Å².